The lowest BCUT2D eigenvalue weighted by Crippen LogP contribution is -2.40. The molecule has 0 aromatic heterocycles. The van der Waals surface area contributed by atoms with Crippen molar-refractivity contribution in [3.05, 3.63) is 28.3 Å². The van der Waals surface area contributed by atoms with Gasteiger partial charge in [0.05, 0.1) is 28.2 Å². The van der Waals surface area contributed by atoms with Crippen LogP contribution in [0.5, 0.6) is 0 Å². The highest BCUT2D eigenvalue weighted by Crippen LogP contribution is 2.41. The van der Waals surface area contributed by atoms with E-state index in [1.165, 1.54) is 13.4 Å². The molecule has 1 aliphatic rings. The standard InChI is InChI=1S/C15H18ClF3N6OS/c1-21-14(24-20)23-13(26)9-2-3-10(15(17,18)19)12(11(9)16)22-8-25-4-6-27-7-5-25/h2-3,8H,4-7,20H2,1H3,(H2,21,23,24,26)/b22-8+. The summed E-state index contributed by atoms with van der Waals surface area (Å²) >= 11 is 7.87. The summed E-state index contributed by atoms with van der Waals surface area (Å²) in [6.45, 7) is 1.34. The number of carbonyl (C=O) groups is 1. The third-order valence-electron chi connectivity index (χ3n) is 3.66. The van der Waals surface area contributed by atoms with Crippen molar-refractivity contribution in [2.24, 2.45) is 15.9 Å². The lowest BCUT2D eigenvalue weighted by molar-refractivity contribution is -0.137. The number of nitrogens with one attached hydrogen (secondary N) is 2. The van der Waals surface area contributed by atoms with Gasteiger partial charge in [0.2, 0.25) is 5.96 Å². The Morgan fingerprint density at radius 2 is 2.04 bits per heavy atom. The number of hydrogen-bond donors (Lipinski definition) is 3. The molecule has 1 aliphatic heterocycles. The first-order valence-corrected chi connectivity index (χ1v) is 9.34. The molecule has 1 aromatic rings. The Bertz CT molecular complexity index is 750. The molecule has 1 heterocycles. The van der Waals surface area contributed by atoms with Crippen LogP contribution in [0.2, 0.25) is 5.02 Å². The molecule has 0 bridgehead atoms. The van der Waals surface area contributed by atoms with Gasteiger partial charge < -0.3 is 16.1 Å². The van der Waals surface area contributed by atoms with Crippen LogP contribution in [0.1, 0.15) is 15.9 Å². The first kappa shape index (κ1) is 21.2. The Kier molecular flexibility index (Phi) is 7.19. The molecule has 0 saturated carbocycles. The molecule has 1 amide bonds. The van der Waals surface area contributed by atoms with Crippen LogP contribution in [0.4, 0.5) is 18.9 Å². The average Bonchev–Trinajstić information content (AvgIpc) is 2.64. The topological polar surface area (TPSA) is 95.1 Å². The van der Waals surface area contributed by atoms with Crippen LogP contribution in [0.25, 0.3) is 0 Å². The lowest BCUT2D eigenvalue weighted by Gasteiger charge is -2.24. The summed E-state index contributed by atoms with van der Waals surface area (Å²) in [6.07, 6.45) is -3.34. The van der Waals surface area contributed by atoms with Crippen LogP contribution in [0.3, 0.4) is 0 Å². The van der Waals surface area contributed by atoms with Gasteiger partial charge >= 0.3 is 6.18 Å². The third-order valence-corrected chi connectivity index (χ3v) is 4.98. The van der Waals surface area contributed by atoms with E-state index < -0.39 is 28.4 Å². The smallest absolute Gasteiger partial charge is 0.361 e. The number of hydrogen-bond acceptors (Lipinski definition) is 5. The van der Waals surface area contributed by atoms with Gasteiger partial charge in [0.1, 0.15) is 0 Å². The maximum Gasteiger partial charge on any atom is 0.418 e. The number of aliphatic imine (C=N–C) groups is 1. The summed E-state index contributed by atoms with van der Waals surface area (Å²) in [5, 5.41) is 7.72. The van der Waals surface area contributed by atoms with Crippen molar-refractivity contribution in [2.75, 3.05) is 31.6 Å². The Hall–Kier alpha value is -2.14. The van der Waals surface area contributed by atoms with Crippen LogP contribution in [0, 0.1) is 0 Å². The SMILES string of the molecule is CN/C(=N\N)NC(=O)c1ccc(C(F)(F)F)c(/N=C/N2CCSCC2)c1Cl. The first-order valence-electron chi connectivity index (χ1n) is 7.80. The minimum absolute atomic E-state index is 0.0631. The number of amides is 1. The predicted octanol–water partition coefficient (Wildman–Crippen LogP) is 2.25. The van der Waals surface area contributed by atoms with Gasteiger partial charge in [-0.1, -0.05) is 11.6 Å². The molecule has 4 N–H and O–H groups in total. The zero-order valence-corrected chi connectivity index (χ0v) is 15.9. The van der Waals surface area contributed by atoms with E-state index in [2.05, 4.69) is 20.7 Å². The van der Waals surface area contributed by atoms with Gasteiger partial charge in [0, 0.05) is 31.6 Å². The molecular weight excluding hydrogens is 405 g/mol. The third kappa shape index (κ3) is 5.42. The highest BCUT2D eigenvalue weighted by atomic mass is 35.5. The molecule has 12 heteroatoms. The van der Waals surface area contributed by atoms with Gasteiger partial charge in [-0.25, -0.2) is 4.99 Å². The number of halogens is 4. The quantitative estimate of drug-likeness (QED) is 0.300. The van der Waals surface area contributed by atoms with Crippen molar-refractivity contribution < 1.29 is 18.0 Å². The minimum atomic E-state index is -4.67. The summed E-state index contributed by atoms with van der Waals surface area (Å²) in [5.74, 6) is 5.98. The van der Waals surface area contributed by atoms with E-state index in [0.717, 1.165) is 23.6 Å². The van der Waals surface area contributed by atoms with Crippen LogP contribution in [-0.4, -0.2) is 54.7 Å². The zero-order valence-electron chi connectivity index (χ0n) is 14.3. The molecule has 0 atom stereocenters. The highest BCUT2D eigenvalue weighted by Gasteiger charge is 2.35. The van der Waals surface area contributed by atoms with Crippen LogP contribution < -0.4 is 16.5 Å². The second-order valence-corrected chi connectivity index (χ2v) is 7.00. The maximum absolute atomic E-state index is 13.4. The molecule has 148 valence electrons. The van der Waals surface area contributed by atoms with Crippen LogP contribution >= 0.6 is 23.4 Å². The van der Waals surface area contributed by atoms with E-state index in [-0.39, 0.29) is 11.5 Å². The first-order chi connectivity index (χ1) is 12.8. The number of carbonyl (C=O) groups excluding carboxylic acids is 1. The molecule has 27 heavy (non-hydrogen) atoms. The number of alkyl halides is 3. The largest absolute Gasteiger partial charge is 0.418 e. The summed E-state index contributed by atoms with van der Waals surface area (Å²) in [5.41, 5.74) is -1.71. The second-order valence-electron chi connectivity index (χ2n) is 5.40. The fourth-order valence-electron chi connectivity index (χ4n) is 2.26. The van der Waals surface area contributed by atoms with Crippen molar-refractivity contribution in [1.29, 1.82) is 0 Å². The van der Waals surface area contributed by atoms with Gasteiger partial charge in [0.25, 0.3) is 5.91 Å². The number of thioether (sulfide) groups is 1. The molecule has 0 aliphatic carbocycles. The van der Waals surface area contributed by atoms with Crippen molar-refractivity contribution in [1.82, 2.24) is 15.5 Å². The number of hydrazone groups is 1. The van der Waals surface area contributed by atoms with Gasteiger partial charge in [-0.15, -0.1) is 5.10 Å². The number of nitrogens with two attached hydrogens (primary N) is 1. The fraction of sp³-hybridized carbons (Fsp3) is 0.400. The van der Waals surface area contributed by atoms with E-state index in [0.29, 0.717) is 13.1 Å². The summed E-state index contributed by atoms with van der Waals surface area (Å²) in [4.78, 5) is 18.0. The number of guanidine groups is 1. The predicted molar refractivity (Wildman–Crippen MR) is 102 cm³/mol. The Morgan fingerprint density at radius 1 is 1.37 bits per heavy atom. The number of benzene rings is 1. The van der Waals surface area contributed by atoms with Crippen LogP contribution in [0.15, 0.2) is 22.2 Å². The van der Waals surface area contributed by atoms with E-state index in [1.54, 1.807) is 16.7 Å². The highest BCUT2D eigenvalue weighted by molar-refractivity contribution is 7.99. The average molecular weight is 423 g/mol. The van der Waals surface area contributed by atoms with Gasteiger partial charge in [0.15, 0.2) is 0 Å². The molecule has 1 saturated heterocycles. The Morgan fingerprint density at radius 3 is 2.59 bits per heavy atom. The zero-order chi connectivity index (χ0) is 20.0. The number of rotatable bonds is 3. The summed E-state index contributed by atoms with van der Waals surface area (Å²) in [7, 11) is 1.47. The van der Waals surface area contributed by atoms with E-state index >= 15 is 0 Å². The van der Waals surface area contributed by atoms with Crippen molar-refractivity contribution in [3.8, 4) is 0 Å². The molecule has 7 nitrogen and oxygen atoms in total. The minimum Gasteiger partial charge on any atom is -0.361 e. The molecular formula is C15H18ClF3N6OS. The molecule has 0 radical (unpaired) electrons. The van der Waals surface area contributed by atoms with Crippen molar-refractivity contribution >= 4 is 47.3 Å². The Balaban J connectivity index is 2.41. The lowest BCUT2D eigenvalue weighted by atomic mass is 10.1. The number of nitrogens with zero attached hydrogens (tertiary/aromatic N) is 3. The second kappa shape index (κ2) is 9.18. The monoisotopic (exact) mass is 422 g/mol. The maximum atomic E-state index is 13.4. The molecule has 0 unspecified atom stereocenters. The Labute approximate surface area is 163 Å². The van der Waals surface area contributed by atoms with E-state index in [9.17, 15) is 18.0 Å². The van der Waals surface area contributed by atoms with Gasteiger partial charge in [-0.2, -0.15) is 24.9 Å². The van der Waals surface area contributed by atoms with E-state index in [4.69, 9.17) is 17.4 Å². The molecule has 1 fully saturated rings. The van der Waals surface area contributed by atoms with Crippen molar-refractivity contribution in [3.63, 3.8) is 0 Å². The normalized spacial score (nSPS) is 15.9. The summed E-state index contributed by atoms with van der Waals surface area (Å²) < 4.78 is 40.1. The molecule has 1 aromatic carbocycles. The molecule has 0 spiro atoms. The van der Waals surface area contributed by atoms with Crippen molar-refractivity contribution in [2.45, 2.75) is 6.18 Å². The molecule has 2 rings (SSSR count). The van der Waals surface area contributed by atoms with Gasteiger partial charge in [-0.05, 0) is 12.1 Å². The van der Waals surface area contributed by atoms with Gasteiger partial charge in [-0.3, -0.25) is 10.1 Å². The summed E-state index contributed by atoms with van der Waals surface area (Å²) in [6, 6.07) is 1.76. The fourth-order valence-corrected chi connectivity index (χ4v) is 3.49. The van der Waals surface area contributed by atoms with E-state index in [1.807, 2.05) is 0 Å². The van der Waals surface area contributed by atoms with Crippen LogP contribution in [-0.2, 0) is 6.18 Å².